The number of nitrogens with zero attached hydrogens (tertiary/aromatic N) is 2. The Morgan fingerprint density at radius 2 is 1.63 bits per heavy atom. The molecule has 1 aliphatic heterocycles. The van der Waals surface area contributed by atoms with Crippen LogP contribution in [-0.4, -0.2) is 75.0 Å². The molecule has 2 amide bonds. The number of urea groups is 1. The zero-order chi connectivity index (χ0) is 14.0. The SMILES string of the molecule is O=C(O)CN(C(=O)N1CC(O)C(O)C1)C1CCCC1. The molecule has 2 fully saturated rings. The van der Waals surface area contributed by atoms with Gasteiger partial charge in [0.25, 0.3) is 0 Å². The highest BCUT2D eigenvalue weighted by molar-refractivity contribution is 5.80. The van der Waals surface area contributed by atoms with Crippen molar-refractivity contribution >= 4 is 12.0 Å². The Morgan fingerprint density at radius 3 is 2.11 bits per heavy atom. The van der Waals surface area contributed by atoms with Crippen LogP contribution in [0.3, 0.4) is 0 Å². The molecule has 0 radical (unpaired) electrons. The van der Waals surface area contributed by atoms with Crippen LogP contribution in [0, 0.1) is 0 Å². The normalized spacial score (nSPS) is 27.8. The molecule has 1 aliphatic carbocycles. The van der Waals surface area contributed by atoms with E-state index in [2.05, 4.69) is 0 Å². The third-order valence-corrected chi connectivity index (χ3v) is 3.85. The van der Waals surface area contributed by atoms with Gasteiger partial charge in [-0.15, -0.1) is 0 Å². The van der Waals surface area contributed by atoms with Gasteiger partial charge in [0.05, 0.1) is 25.3 Å². The van der Waals surface area contributed by atoms with Crippen molar-refractivity contribution in [1.29, 1.82) is 0 Å². The molecule has 108 valence electrons. The Hall–Kier alpha value is -1.34. The summed E-state index contributed by atoms with van der Waals surface area (Å²) in [5.41, 5.74) is 0. The van der Waals surface area contributed by atoms with E-state index in [9.17, 15) is 19.8 Å². The standard InChI is InChI=1S/C12H20N2O5/c15-9-5-13(6-10(9)16)12(19)14(7-11(17)18)8-3-1-2-4-8/h8-10,15-16H,1-7H2,(H,17,18). The third kappa shape index (κ3) is 3.16. The number of carbonyl (C=O) groups is 2. The Balaban J connectivity index is 2.04. The Morgan fingerprint density at radius 1 is 1.11 bits per heavy atom. The fourth-order valence-electron chi connectivity index (χ4n) is 2.82. The molecule has 0 aromatic carbocycles. The number of carbonyl (C=O) groups excluding carboxylic acids is 1. The second kappa shape index (κ2) is 5.75. The van der Waals surface area contributed by atoms with Crippen molar-refractivity contribution in [2.45, 2.75) is 43.9 Å². The predicted octanol–water partition coefficient (Wildman–Crippen LogP) is -0.527. The lowest BCUT2D eigenvalue weighted by molar-refractivity contribution is -0.138. The van der Waals surface area contributed by atoms with E-state index in [1.54, 1.807) is 0 Å². The summed E-state index contributed by atoms with van der Waals surface area (Å²) in [5, 5.41) is 27.9. The van der Waals surface area contributed by atoms with Crippen LogP contribution in [0.2, 0.25) is 0 Å². The van der Waals surface area contributed by atoms with E-state index in [1.807, 2.05) is 0 Å². The number of carboxylic acids is 1. The van der Waals surface area contributed by atoms with Crippen molar-refractivity contribution in [2.24, 2.45) is 0 Å². The summed E-state index contributed by atoms with van der Waals surface area (Å²) in [5.74, 6) is -1.04. The maximum atomic E-state index is 12.3. The fourth-order valence-corrected chi connectivity index (χ4v) is 2.82. The van der Waals surface area contributed by atoms with Crippen LogP contribution < -0.4 is 0 Å². The fraction of sp³-hybridized carbons (Fsp3) is 0.833. The van der Waals surface area contributed by atoms with Crippen molar-refractivity contribution < 1.29 is 24.9 Å². The number of aliphatic hydroxyl groups is 2. The van der Waals surface area contributed by atoms with E-state index < -0.39 is 24.2 Å². The van der Waals surface area contributed by atoms with Crippen molar-refractivity contribution in [2.75, 3.05) is 19.6 Å². The number of β-amino-alcohol motifs (C(OH)–C–C–N with tert-alkyl or cyclic N) is 2. The second-order valence-corrected chi connectivity index (χ2v) is 5.28. The number of rotatable bonds is 3. The van der Waals surface area contributed by atoms with Gasteiger partial charge in [0.1, 0.15) is 6.54 Å². The number of amides is 2. The van der Waals surface area contributed by atoms with E-state index >= 15 is 0 Å². The van der Waals surface area contributed by atoms with Gasteiger partial charge in [-0.1, -0.05) is 12.8 Å². The topological polar surface area (TPSA) is 101 Å². The maximum Gasteiger partial charge on any atom is 0.323 e. The molecule has 0 spiro atoms. The first kappa shape index (κ1) is 14.1. The first-order valence-corrected chi connectivity index (χ1v) is 6.62. The third-order valence-electron chi connectivity index (χ3n) is 3.85. The van der Waals surface area contributed by atoms with Crippen molar-refractivity contribution in [3.63, 3.8) is 0 Å². The van der Waals surface area contributed by atoms with Crippen LogP contribution in [0.1, 0.15) is 25.7 Å². The molecule has 2 rings (SSSR count). The number of aliphatic carboxylic acids is 1. The van der Waals surface area contributed by atoms with E-state index in [1.165, 1.54) is 9.80 Å². The first-order chi connectivity index (χ1) is 8.99. The molecule has 2 atom stereocenters. The minimum atomic E-state index is -1.04. The van der Waals surface area contributed by atoms with Crippen LogP contribution >= 0.6 is 0 Å². The molecule has 1 saturated carbocycles. The molecular weight excluding hydrogens is 252 g/mol. The van der Waals surface area contributed by atoms with Crippen molar-refractivity contribution in [3.05, 3.63) is 0 Å². The van der Waals surface area contributed by atoms with Crippen molar-refractivity contribution in [1.82, 2.24) is 9.80 Å². The summed E-state index contributed by atoms with van der Waals surface area (Å²) in [6, 6.07) is -0.441. The van der Waals surface area contributed by atoms with Gasteiger partial charge in [-0.3, -0.25) is 4.79 Å². The zero-order valence-corrected chi connectivity index (χ0v) is 10.7. The van der Waals surface area contributed by atoms with Gasteiger partial charge in [-0.2, -0.15) is 0 Å². The van der Waals surface area contributed by atoms with E-state index in [4.69, 9.17) is 5.11 Å². The molecule has 1 saturated heterocycles. The van der Waals surface area contributed by atoms with Gasteiger partial charge < -0.3 is 25.1 Å². The summed E-state index contributed by atoms with van der Waals surface area (Å²) >= 11 is 0. The summed E-state index contributed by atoms with van der Waals surface area (Å²) in [6.07, 6.45) is 1.74. The molecule has 0 aromatic rings. The lowest BCUT2D eigenvalue weighted by atomic mass is 10.2. The largest absolute Gasteiger partial charge is 0.480 e. The monoisotopic (exact) mass is 272 g/mol. The minimum Gasteiger partial charge on any atom is -0.480 e. The molecular formula is C12H20N2O5. The maximum absolute atomic E-state index is 12.3. The van der Waals surface area contributed by atoms with Crippen LogP contribution in [0.5, 0.6) is 0 Å². The average Bonchev–Trinajstić information content (AvgIpc) is 2.96. The molecule has 2 aliphatic rings. The quantitative estimate of drug-likeness (QED) is 0.641. The smallest absolute Gasteiger partial charge is 0.323 e. The van der Waals surface area contributed by atoms with E-state index in [0.29, 0.717) is 0 Å². The molecule has 7 nitrogen and oxygen atoms in total. The van der Waals surface area contributed by atoms with Crippen molar-refractivity contribution in [3.8, 4) is 0 Å². The Bertz CT molecular complexity index is 346. The van der Waals surface area contributed by atoms with E-state index in [-0.39, 0.29) is 25.7 Å². The average molecular weight is 272 g/mol. The van der Waals surface area contributed by atoms with Gasteiger partial charge >= 0.3 is 12.0 Å². The van der Waals surface area contributed by atoms with Gasteiger partial charge in [0.15, 0.2) is 0 Å². The van der Waals surface area contributed by atoms with Crippen LogP contribution in [0.25, 0.3) is 0 Å². The van der Waals surface area contributed by atoms with Gasteiger partial charge in [0.2, 0.25) is 0 Å². The van der Waals surface area contributed by atoms with Gasteiger partial charge in [-0.25, -0.2) is 4.79 Å². The molecule has 0 bridgehead atoms. The highest BCUT2D eigenvalue weighted by atomic mass is 16.4. The molecule has 0 aromatic heterocycles. The Kier molecular flexibility index (Phi) is 4.26. The van der Waals surface area contributed by atoms with Crippen LogP contribution in [0.15, 0.2) is 0 Å². The number of aliphatic hydroxyl groups excluding tert-OH is 2. The highest BCUT2D eigenvalue weighted by Crippen LogP contribution is 2.25. The molecule has 7 heteroatoms. The molecule has 3 N–H and O–H groups in total. The minimum absolute atomic E-state index is 0.0431. The van der Waals surface area contributed by atoms with Gasteiger partial charge in [-0.05, 0) is 12.8 Å². The highest BCUT2D eigenvalue weighted by Gasteiger charge is 2.37. The summed E-state index contributed by atoms with van der Waals surface area (Å²) in [6.45, 7) is -0.210. The number of hydrogen-bond acceptors (Lipinski definition) is 4. The number of likely N-dealkylation sites (tertiary alicyclic amines) is 1. The predicted molar refractivity (Wildman–Crippen MR) is 65.6 cm³/mol. The molecule has 2 unspecified atom stereocenters. The van der Waals surface area contributed by atoms with Crippen LogP contribution in [0.4, 0.5) is 4.79 Å². The lowest BCUT2D eigenvalue weighted by Gasteiger charge is -2.31. The van der Waals surface area contributed by atoms with E-state index in [0.717, 1.165) is 25.7 Å². The van der Waals surface area contributed by atoms with Crippen LogP contribution in [-0.2, 0) is 4.79 Å². The first-order valence-electron chi connectivity index (χ1n) is 6.62. The van der Waals surface area contributed by atoms with Gasteiger partial charge in [0, 0.05) is 6.04 Å². The Labute approximate surface area is 111 Å². The summed E-state index contributed by atoms with van der Waals surface area (Å²) in [7, 11) is 0. The number of hydrogen-bond donors (Lipinski definition) is 3. The summed E-state index contributed by atoms with van der Waals surface area (Å²) < 4.78 is 0. The number of carboxylic acid groups (broad SMARTS) is 1. The molecule has 1 heterocycles. The lowest BCUT2D eigenvalue weighted by Crippen LogP contribution is -2.49. The summed E-state index contributed by atoms with van der Waals surface area (Å²) in [4.78, 5) is 25.9. The second-order valence-electron chi connectivity index (χ2n) is 5.28. The molecule has 19 heavy (non-hydrogen) atoms. The zero-order valence-electron chi connectivity index (χ0n) is 10.7.